The molecule has 1 unspecified atom stereocenters. The van der Waals surface area contributed by atoms with Gasteiger partial charge in [0.15, 0.2) is 0 Å². The van der Waals surface area contributed by atoms with Crippen LogP contribution in [0.25, 0.3) is 0 Å². The third-order valence-corrected chi connectivity index (χ3v) is 1.88. The van der Waals surface area contributed by atoms with E-state index in [0.717, 1.165) is 19.5 Å². The number of nitrogens with one attached hydrogen (secondary N) is 1. The van der Waals surface area contributed by atoms with Crippen molar-refractivity contribution in [2.45, 2.75) is 13.3 Å². The fourth-order valence-electron chi connectivity index (χ4n) is 1.39. The van der Waals surface area contributed by atoms with Gasteiger partial charge in [0.25, 0.3) is 0 Å². The van der Waals surface area contributed by atoms with Crippen LogP contribution in [0.5, 0.6) is 0 Å². The van der Waals surface area contributed by atoms with Crippen LogP contribution in [0.2, 0.25) is 0 Å². The van der Waals surface area contributed by atoms with Crippen molar-refractivity contribution >= 4 is 0 Å². The van der Waals surface area contributed by atoms with Crippen LogP contribution in [0.15, 0.2) is 0 Å². The third-order valence-electron chi connectivity index (χ3n) is 1.88. The van der Waals surface area contributed by atoms with Crippen molar-refractivity contribution in [1.82, 2.24) is 5.32 Å². The SMILES string of the molecule is CC1CNC[C@H](CF)C1. The average molecular weight is 131 g/mol. The topological polar surface area (TPSA) is 12.0 Å². The minimum absolute atomic E-state index is 0.155. The van der Waals surface area contributed by atoms with Crippen LogP contribution in [0, 0.1) is 11.8 Å². The van der Waals surface area contributed by atoms with Gasteiger partial charge in [0.05, 0.1) is 6.67 Å². The quantitative estimate of drug-likeness (QED) is 0.564. The summed E-state index contributed by atoms with van der Waals surface area (Å²) in [5, 5.41) is 3.20. The zero-order chi connectivity index (χ0) is 6.69. The lowest BCUT2D eigenvalue weighted by Gasteiger charge is -2.25. The predicted molar refractivity (Wildman–Crippen MR) is 36.1 cm³/mol. The van der Waals surface area contributed by atoms with Gasteiger partial charge in [0.2, 0.25) is 0 Å². The first kappa shape index (κ1) is 7.00. The summed E-state index contributed by atoms with van der Waals surface area (Å²) >= 11 is 0. The number of alkyl halides is 1. The van der Waals surface area contributed by atoms with E-state index in [9.17, 15) is 4.39 Å². The third kappa shape index (κ3) is 1.94. The molecule has 2 heteroatoms. The van der Waals surface area contributed by atoms with Crippen molar-refractivity contribution < 1.29 is 4.39 Å². The Balaban J connectivity index is 2.23. The highest BCUT2D eigenvalue weighted by atomic mass is 19.1. The predicted octanol–water partition coefficient (Wildman–Crippen LogP) is 1.20. The van der Waals surface area contributed by atoms with Crippen molar-refractivity contribution in [3.05, 3.63) is 0 Å². The molecule has 1 N–H and O–H groups in total. The molecule has 54 valence electrons. The first-order chi connectivity index (χ1) is 4.33. The molecule has 0 aromatic heterocycles. The van der Waals surface area contributed by atoms with E-state index in [2.05, 4.69) is 12.2 Å². The van der Waals surface area contributed by atoms with Crippen LogP contribution in [0.1, 0.15) is 13.3 Å². The Hall–Kier alpha value is -0.110. The zero-order valence-corrected chi connectivity index (χ0v) is 5.86. The molecular weight excluding hydrogens is 117 g/mol. The first-order valence-corrected chi connectivity index (χ1v) is 3.59. The molecule has 0 aromatic rings. The molecule has 1 aliphatic heterocycles. The van der Waals surface area contributed by atoms with Gasteiger partial charge < -0.3 is 5.32 Å². The van der Waals surface area contributed by atoms with Crippen molar-refractivity contribution in [3.63, 3.8) is 0 Å². The highest BCUT2D eigenvalue weighted by Crippen LogP contribution is 2.15. The van der Waals surface area contributed by atoms with Gasteiger partial charge in [-0.3, -0.25) is 4.39 Å². The summed E-state index contributed by atoms with van der Waals surface area (Å²) in [6.45, 7) is 3.95. The van der Waals surface area contributed by atoms with Crippen LogP contribution >= 0.6 is 0 Å². The van der Waals surface area contributed by atoms with E-state index in [-0.39, 0.29) is 12.6 Å². The maximum atomic E-state index is 12.0. The van der Waals surface area contributed by atoms with Crippen LogP contribution in [0.4, 0.5) is 4.39 Å². The molecule has 1 aliphatic rings. The molecule has 0 aliphatic carbocycles. The molecule has 1 fully saturated rings. The molecule has 0 aromatic carbocycles. The Labute approximate surface area is 55.6 Å². The standard InChI is InChI=1S/C7H14FN/c1-6-2-7(3-8)5-9-4-6/h6-7,9H,2-5H2,1H3/t6?,7-/m0/s1. The maximum absolute atomic E-state index is 12.0. The summed E-state index contributed by atoms with van der Waals surface area (Å²) in [5.74, 6) is 0.952. The molecular formula is C7H14FN. The molecule has 1 saturated heterocycles. The second-order valence-electron chi connectivity index (χ2n) is 3.02. The molecule has 0 saturated carbocycles. The highest BCUT2D eigenvalue weighted by Gasteiger charge is 2.17. The van der Waals surface area contributed by atoms with Gasteiger partial charge in [-0.1, -0.05) is 6.92 Å². The van der Waals surface area contributed by atoms with E-state index in [4.69, 9.17) is 0 Å². The van der Waals surface area contributed by atoms with Crippen molar-refractivity contribution in [3.8, 4) is 0 Å². The number of hydrogen-bond acceptors (Lipinski definition) is 1. The van der Waals surface area contributed by atoms with E-state index in [1.54, 1.807) is 0 Å². The van der Waals surface area contributed by atoms with Crippen molar-refractivity contribution in [2.75, 3.05) is 19.8 Å². The Morgan fingerprint density at radius 1 is 1.56 bits per heavy atom. The molecule has 0 bridgehead atoms. The fourth-order valence-corrected chi connectivity index (χ4v) is 1.39. The maximum Gasteiger partial charge on any atom is 0.0934 e. The summed E-state index contributed by atoms with van der Waals surface area (Å²) in [6, 6.07) is 0. The van der Waals surface area contributed by atoms with Crippen LogP contribution in [0.3, 0.4) is 0 Å². The minimum Gasteiger partial charge on any atom is -0.316 e. The van der Waals surface area contributed by atoms with Gasteiger partial charge in [-0.25, -0.2) is 0 Å². The lowest BCUT2D eigenvalue weighted by Crippen LogP contribution is -2.35. The van der Waals surface area contributed by atoms with Gasteiger partial charge in [0, 0.05) is 12.5 Å². The summed E-state index contributed by atoms with van der Waals surface area (Å²) in [6.07, 6.45) is 1.06. The van der Waals surface area contributed by atoms with Crippen molar-refractivity contribution in [2.24, 2.45) is 11.8 Å². The Morgan fingerprint density at radius 2 is 2.33 bits per heavy atom. The van der Waals surface area contributed by atoms with Crippen LogP contribution in [-0.4, -0.2) is 19.8 Å². The Morgan fingerprint density at radius 3 is 2.78 bits per heavy atom. The Bertz CT molecular complexity index is 85.0. The molecule has 1 nitrogen and oxygen atoms in total. The zero-order valence-electron chi connectivity index (χ0n) is 5.86. The van der Waals surface area contributed by atoms with E-state index in [1.165, 1.54) is 0 Å². The van der Waals surface area contributed by atoms with E-state index in [0.29, 0.717) is 5.92 Å². The average Bonchev–Trinajstić information content (AvgIpc) is 1.88. The molecule has 0 amide bonds. The Kier molecular flexibility index (Phi) is 2.46. The molecule has 1 rings (SSSR count). The first-order valence-electron chi connectivity index (χ1n) is 3.59. The summed E-state index contributed by atoms with van der Waals surface area (Å²) in [4.78, 5) is 0. The lowest BCUT2D eigenvalue weighted by molar-refractivity contribution is 0.250. The second kappa shape index (κ2) is 3.16. The van der Waals surface area contributed by atoms with Crippen molar-refractivity contribution in [1.29, 1.82) is 0 Å². The van der Waals surface area contributed by atoms with E-state index in [1.807, 2.05) is 0 Å². The molecule has 1 heterocycles. The van der Waals surface area contributed by atoms with Gasteiger partial charge in [0.1, 0.15) is 0 Å². The molecule has 0 spiro atoms. The van der Waals surface area contributed by atoms with E-state index >= 15 is 0 Å². The molecule has 2 atom stereocenters. The normalized spacial score (nSPS) is 36.7. The molecule has 9 heavy (non-hydrogen) atoms. The minimum atomic E-state index is -0.155. The highest BCUT2D eigenvalue weighted by molar-refractivity contribution is 4.72. The number of halogens is 1. The van der Waals surface area contributed by atoms with E-state index < -0.39 is 0 Å². The van der Waals surface area contributed by atoms with Crippen LogP contribution in [-0.2, 0) is 0 Å². The van der Waals surface area contributed by atoms with Gasteiger partial charge >= 0.3 is 0 Å². The fraction of sp³-hybridized carbons (Fsp3) is 1.00. The summed E-state index contributed by atoms with van der Waals surface area (Å²) in [5.41, 5.74) is 0. The smallest absolute Gasteiger partial charge is 0.0934 e. The van der Waals surface area contributed by atoms with Gasteiger partial charge in [-0.15, -0.1) is 0 Å². The van der Waals surface area contributed by atoms with Gasteiger partial charge in [-0.05, 0) is 18.9 Å². The number of hydrogen-bond donors (Lipinski definition) is 1. The number of piperidine rings is 1. The summed E-state index contributed by atoms with van der Waals surface area (Å²) < 4.78 is 12.0. The van der Waals surface area contributed by atoms with Gasteiger partial charge in [-0.2, -0.15) is 0 Å². The lowest BCUT2D eigenvalue weighted by atomic mass is 9.93. The number of rotatable bonds is 1. The molecule has 0 radical (unpaired) electrons. The largest absolute Gasteiger partial charge is 0.316 e. The summed E-state index contributed by atoms with van der Waals surface area (Å²) in [7, 11) is 0. The second-order valence-corrected chi connectivity index (χ2v) is 3.02. The van der Waals surface area contributed by atoms with Crippen LogP contribution < -0.4 is 5.32 Å². The monoisotopic (exact) mass is 131 g/mol.